The lowest BCUT2D eigenvalue weighted by Gasteiger charge is -2.04. The van der Waals surface area contributed by atoms with Gasteiger partial charge in [-0.1, -0.05) is 52.3 Å². The van der Waals surface area contributed by atoms with Gasteiger partial charge in [0.15, 0.2) is 0 Å². The number of alkyl halides is 1. The Labute approximate surface area is 100.0 Å². The van der Waals surface area contributed by atoms with Crippen LogP contribution in [-0.2, 0) is 6.42 Å². The van der Waals surface area contributed by atoms with Gasteiger partial charge < -0.3 is 5.11 Å². The zero-order valence-corrected chi connectivity index (χ0v) is 10.4. The lowest BCUT2D eigenvalue weighted by atomic mass is 10.0. The molecular weight excluding hydrogens is 252 g/mol. The van der Waals surface area contributed by atoms with Crippen LogP contribution >= 0.6 is 15.9 Å². The Morgan fingerprint density at radius 3 is 2.80 bits per heavy atom. The Hall–Kier alpha value is -0.600. The van der Waals surface area contributed by atoms with Crippen LogP contribution in [0.25, 0.3) is 6.08 Å². The fourth-order valence-corrected chi connectivity index (χ4v) is 1.73. The molecule has 1 rings (SSSR count). The molecule has 0 unspecified atom stereocenters. The smallest absolute Gasteiger partial charge is 0.0434 e. The molecule has 0 saturated carbocycles. The first-order valence-electron chi connectivity index (χ1n) is 5.29. The monoisotopic (exact) mass is 268 g/mol. The molecule has 0 fully saturated rings. The fourth-order valence-electron chi connectivity index (χ4n) is 1.47. The molecule has 0 atom stereocenters. The maximum atomic E-state index is 8.81. The Balaban J connectivity index is 2.67. The minimum atomic E-state index is 0.263. The molecule has 1 aromatic rings. The van der Waals surface area contributed by atoms with E-state index in [0.29, 0.717) is 0 Å². The highest BCUT2D eigenvalue weighted by Crippen LogP contribution is 2.13. The van der Waals surface area contributed by atoms with Crippen LogP contribution in [0.3, 0.4) is 0 Å². The lowest BCUT2D eigenvalue weighted by Crippen LogP contribution is -1.92. The predicted octanol–water partition coefficient (Wildman–Crippen LogP) is 3.41. The van der Waals surface area contributed by atoms with Crippen molar-refractivity contribution in [3.63, 3.8) is 0 Å². The molecule has 0 radical (unpaired) electrons. The SMILES string of the molecule is OCCCc1ccccc1C=CCCBr. The maximum absolute atomic E-state index is 8.81. The molecule has 0 amide bonds. The first-order chi connectivity index (χ1) is 7.38. The number of allylic oxidation sites excluding steroid dienone is 1. The van der Waals surface area contributed by atoms with Gasteiger partial charge in [0.1, 0.15) is 0 Å². The van der Waals surface area contributed by atoms with E-state index in [1.165, 1.54) is 11.1 Å². The average Bonchev–Trinajstić information content (AvgIpc) is 2.28. The molecule has 0 aliphatic rings. The topological polar surface area (TPSA) is 20.2 Å². The van der Waals surface area contributed by atoms with E-state index in [1.807, 2.05) is 0 Å². The summed E-state index contributed by atoms with van der Waals surface area (Å²) in [6, 6.07) is 8.35. The van der Waals surface area contributed by atoms with Crippen molar-refractivity contribution in [1.29, 1.82) is 0 Å². The minimum absolute atomic E-state index is 0.263. The molecule has 0 saturated heterocycles. The van der Waals surface area contributed by atoms with E-state index < -0.39 is 0 Å². The van der Waals surface area contributed by atoms with Crippen LogP contribution in [0, 0.1) is 0 Å². The Kier molecular flexibility index (Phi) is 6.37. The van der Waals surface area contributed by atoms with Crippen molar-refractivity contribution in [2.45, 2.75) is 19.3 Å². The normalized spacial score (nSPS) is 11.1. The van der Waals surface area contributed by atoms with Gasteiger partial charge in [-0.15, -0.1) is 0 Å². The summed E-state index contributed by atoms with van der Waals surface area (Å²) in [4.78, 5) is 0. The molecule has 0 bridgehead atoms. The van der Waals surface area contributed by atoms with Crippen LogP contribution in [0.4, 0.5) is 0 Å². The van der Waals surface area contributed by atoms with Crippen molar-refractivity contribution in [3.8, 4) is 0 Å². The van der Waals surface area contributed by atoms with Gasteiger partial charge >= 0.3 is 0 Å². The van der Waals surface area contributed by atoms with Gasteiger partial charge in [-0.2, -0.15) is 0 Å². The molecule has 2 heteroatoms. The third-order valence-electron chi connectivity index (χ3n) is 2.23. The van der Waals surface area contributed by atoms with Crippen molar-refractivity contribution in [3.05, 3.63) is 41.5 Å². The van der Waals surface area contributed by atoms with Crippen LogP contribution in [0.2, 0.25) is 0 Å². The summed E-state index contributed by atoms with van der Waals surface area (Å²) in [6.07, 6.45) is 7.17. The van der Waals surface area contributed by atoms with Crippen molar-refractivity contribution < 1.29 is 5.11 Å². The van der Waals surface area contributed by atoms with E-state index in [-0.39, 0.29) is 6.61 Å². The second kappa shape index (κ2) is 7.66. The Morgan fingerprint density at radius 1 is 1.27 bits per heavy atom. The number of aryl methyl sites for hydroxylation is 1. The largest absolute Gasteiger partial charge is 0.396 e. The Morgan fingerprint density at radius 2 is 2.07 bits per heavy atom. The molecule has 0 aliphatic carbocycles. The lowest BCUT2D eigenvalue weighted by molar-refractivity contribution is 0.288. The fraction of sp³-hybridized carbons (Fsp3) is 0.385. The second-order valence-corrected chi connectivity index (χ2v) is 4.20. The van der Waals surface area contributed by atoms with Gasteiger partial charge in [0, 0.05) is 11.9 Å². The van der Waals surface area contributed by atoms with E-state index in [4.69, 9.17) is 5.11 Å². The molecule has 1 aromatic carbocycles. The quantitative estimate of drug-likeness (QED) is 0.785. The molecule has 15 heavy (non-hydrogen) atoms. The van der Waals surface area contributed by atoms with E-state index in [9.17, 15) is 0 Å². The zero-order valence-electron chi connectivity index (χ0n) is 8.82. The number of hydrogen-bond donors (Lipinski definition) is 1. The molecule has 0 spiro atoms. The van der Waals surface area contributed by atoms with Gasteiger partial charge in [-0.05, 0) is 30.4 Å². The number of aliphatic hydroxyl groups is 1. The van der Waals surface area contributed by atoms with Crippen LogP contribution in [0.5, 0.6) is 0 Å². The van der Waals surface area contributed by atoms with E-state index in [0.717, 1.165) is 24.6 Å². The van der Waals surface area contributed by atoms with Crippen molar-refractivity contribution in [1.82, 2.24) is 0 Å². The summed E-state index contributed by atoms with van der Waals surface area (Å²) in [6.45, 7) is 0.263. The van der Waals surface area contributed by atoms with Gasteiger partial charge in [0.05, 0.1) is 0 Å². The number of aliphatic hydroxyl groups excluding tert-OH is 1. The molecule has 0 heterocycles. The van der Waals surface area contributed by atoms with Crippen molar-refractivity contribution >= 4 is 22.0 Å². The molecule has 82 valence electrons. The molecule has 0 aliphatic heterocycles. The molecule has 1 N–H and O–H groups in total. The summed E-state index contributed by atoms with van der Waals surface area (Å²) in [5.74, 6) is 0. The molecule has 1 nitrogen and oxygen atoms in total. The summed E-state index contributed by atoms with van der Waals surface area (Å²) >= 11 is 3.40. The van der Waals surface area contributed by atoms with Crippen LogP contribution < -0.4 is 0 Å². The summed E-state index contributed by atoms with van der Waals surface area (Å²) in [5.41, 5.74) is 2.59. The standard InChI is InChI=1S/C13H17BrO/c14-10-4-3-8-12-6-1-2-7-13(12)9-5-11-15/h1-3,6-8,15H,4-5,9-11H2. The maximum Gasteiger partial charge on any atom is 0.0434 e. The number of rotatable bonds is 6. The number of hydrogen-bond acceptors (Lipinski definition) is 1. The number of benzene rings is 1. The summed E-state index contributed by atoms with van der Waals surface area (Å²) in [7, 11) is 0. The number of halogens is 1. The van der Waals surface area contributed by atoms with E-state index in [2.05, 4.69) is 52.3 Å². The Bertz CT molecular complexity index is 307. The van der Waals surface area contributed by atoms with Crippen LogP contribution in [-0.4, -0.2) is 17.0 Å². The van der Waals surface area contributed by atoms with E-state index in [1.54, 1.807) is 0 Å². The molecule has 0 aromatic heterocycles. The molecular formula is C13H17BrO. The second-order valence-electron chi connectivity index (χ2n) is 3.41. The van der Waals surface area contributed by atoms with Crippen molar-refractivity contribution in [2.75, 3.05) is 11.9 Å². The zero-order chi connectivity index (χ0) is 10.9. The predicted molar refractivity (Wildman–Crippen MR) is 69.3 cm³/mol. The summed E-state index contributed by atoms with van der Waals surface area (Å²) < 4.78 is 0. The third kappa shape index (κ3) is 4.63. The van der Waals surface area contributed by atoms with Gasteiger partial charge in [0.2, 0.25) is 0 Å². The van der Waals surface area contributed by atoms with Crippen LogP contribution in [0.1, 0.15) is 24.0 Å². The first kappa shape index (κ1) is 12.5. The summed E-state index contributed by atoms with van der Waals surface area (Å²) in [5, 5.41) is 9.81. The van der Waals surface area contributed by atoms with Gasteiger partial charge in [-0.3, -0.25) is 0 Å². The minimum Gasteiger partial charge on any atom is -0.396 e. The average molecular weight is 269 g/mol. The highest BCUT2D eigenvalue weighted by Gasteiger charge is 1.97. The highest BCUT2D eigenvalue weighted by atomic mass is 79.9. The van der Waals surface area contributed by atoms with Crippen LogP contribution in [0.15, 0.2) is 30.3 Å². The first-order valence-corrected chi connectivity index (χ1v) is 6.42. The van der Waals surface area contributed by atoms with Gasteiger partial charge in [0.25, 0.3) is 0 Å². The van der Waals surface area contributed by atoms with Crippen molar-refractivity contribution in [2.24, 2.45) is 0 Å². The highest BCUT2D eigenvalue weighted by molar-refractivity contribution is 9.09. The van der Waals surface area contributed by atoms with E-state index >= 15 is 0 Å². The third-order valence-corrected chi connectivity index (χ3v) is 2.69. The van der Waals surface area contributed by atoms with Gasteiger partial charge in [-0.25, -0.2) is 0 Å².